The first-order valence-electron chi connectivity index (χ1n) is 10.7. The highest BCUT2D eigenvalue weighted by Crippen LogP contribution is 2.57. The molecule has 6 heteroatoms. The van der Waals surface area contributed by atoms with Crippen LogP contribution in [0.25, 0.3) is 0 Å². The maximum atomic E-state index is 12.9. The fourth-order valence-corrected chi connectivity index (χ4v) is 4.80. The average molecular weight is 414 g/mol. The zero-order chi connectivity index (χ0) is 21.6. The smallest absolute Gasteiger partial charge is 0.226 e. The van der Waals surface area contributed by atoms with Gasteiger partial charge < -0.3 is 21.2 Å². The molecule has 3 saturated carbocycles. The van der Waals surface area contributed by atoms with Gasteiger partial charge >= 0.3 is 0 Å². The molecule has 1 amide bonds. The van der Waals surface area contributed by atoms with Crippen molar-refractivity contribution in [3.8, 4) is 5.75 Å². The van der Waals surface area contributed by atoms with Crippen molar-refractivity contribution in [3.63, 3.8) is 0 Å². The van der Waals surface area contributed by atoms with Gasteiger partial charge in [0.1, 0.15) is 12.4 Å². The molecule has 0 spiro atoms. The Morgan fingerprint density at radius 2 is 1.83 bits per heavy atom. The number of fused-ring (bicyclic) bond motifs is 3. The van der Waals surface area contributed by atoms with Crippen LogP contribution in [0, 0.1) is 10.8 Å². The molecule has 4 rings (SSSR count). The topological polar surface area (TPSA) is 88.2 Å². The van der Waals surface area contributed by atoms with Gasteiger partial charge in [-0.3, -0.25) is 4.79 Å². The predicted molar refractivity (Wildman–Crippen MR) is 118 cm³/mol. The molecule has 0 atom stereocenters. The van der Waals surface area contributed by atoms with Crippen molar-refractivity contribution in [2.24, 2.45) is 11.1 Å². The van der Waals surface area contributed by atoms with Crippen LogP contribution in [-0.2, 0) is 10.2 Å². The fraction of sp³-hybridized carbons (Fsp3) is 0.500. The monoisotopic (exact) mass is 413 g/mol. The number of rotatable bonds is 9. The van der Waals surface area contributed by atoms with Gasteiger partial charge in [0.15, 0.2) is 0 Å². The van der Waals surface area contributed by atoms with Gasteiger partial charge in [-0.25, -0.2) is 4.39 Å². The number of ether oxygens (including phenoxy) is 1. The van der Waals surface area contributed by atoms with Crippen LogP contribution in [0.1, 0.15) is 51.0 Å². The van der Waals surface area contributed by atoms with Crippen molar-refractivity contribution >= 4 is 11.6 Å². The van der Waals surface area contributed by atoms with E-state index in [9.17, 15) is 9.18 Å². The van der Waals surface area contributed by atoms with E-state index in [1.54, 1.807) is 6.08 Å². The van der Waals surface area contributed by atoms with Crippen LogP contribution in [-0.4, -0.2) is 31.3 Å². The third kappa shape index (κ3) is 4.64. The molecule has 0 radical (unpaired) electrons. The van der Waals surface area contributed by atoms with Crippen LogP contribution in [0.2, 0.25) is 0 Å². The lowest BCUT2D eigenvalue weighted by Gasteiger charge is -2.52. The predicted octanol–water partition coefficient (Wildman–Crippen LogP) is 4.18. The summed E-state index contributed by atoms with van der Waals surface area (Å²) in [5.74, 6) is 0.803. The molecule has 3 aliphatic carbocycles. The van der Waals surface area contributed by atoms with Crippen molar-refractivity contribution in [1.29, 1.82) is 5.41 Å². The Labute approximate surface area is 178 Å². The van der Waals surface area contributed by atoms with Crippen LogP contribution in [0.5, 0.6) is 5.75 Å². The first kappa shape index (κ1) is 22.2. The van der Waals surface area contributed by atoms with Crippen molar-refractivity contribution in [3.05, 3.63) is 53.9 Å². The molecule has 3 fully saturated rings. The summed E-state index contributed by atoms with van der Waals surface area (Å²) in [5.41, 5.74) is 7.44. The zero-order valence-corrected chi connectivity index (χ0v) is 17.7. The second-order valence-corrected chi connectivity index (χ2v) is 8.55. The molecule has 3 aliphatic rings. The molecule has 4 N–H and O–H groups in total. The van der Waals surface area contributed by atoms with Crippen molar-refractivity contribution in [2.75, 3.05) is 19.7 Å². The van der Waals surface area contributed by atoms with Gasteiger partial charge in [0.2, 0.25) is 5.91 Å². The van der Waals surface area contributed by atoms with Gasteiger partial charge in [0, 0.05) is 17.5 Å². The summed E-state index contributed by atoms with van der Waals surface area (Å²) in [7, 11) is 0. The number of hydrogen-bond donors (Lipinski definition) is 3. The molecule has 1 aromatic carbocycles. The number of nitrogens with one attached hydrogen (secondary N) is 2. The van der Waals surface area contributed by atoms with Crippen LogP contribution in [0.3, 0.4) is 0 Å². The number of allylic oxidation sites excluding steroid dienone is 1. The molecule has 162 valence electrons. The first-order chi connectivity index (χ1) is 14.5. The van der Waals surface area contributed by atoms with E-state index >= 15 is 0 Å². The van der Waals surface area contributed by atoms with Gasteiger partial charge in [-0.05, 0) is 74.6 Å². The van der Waals surface area contributed by atoms with Crippen molar-refractivity contribution in [2.45, 2.75) is 50.9 Å². The summed E-state index contributed by atoms with van der Waals surface area (Å²) in [5, 5.41) is 10.8. The molecule has 2 bridgehead atoms. The van der Waals surface area contributed by atoms with E-state index in [1.807, 2.05) is 25.1 Å². The molecule has 30 heavy (non-hydrogen) atoms. The summed E-state index contributed by atoms with van der Waals surface area (Å²) in [4.78, 5) is 12.9. The third-order valence-electron chi connectivity index (χ3n) is 6.84. The maximum absolute atomic E-state index is 12.9. The Balaban J connectivity index is 1.59. The van der Waals surface area contributed by atoms with E-state index in [2.05, 4.69) is 17.4 Å². The summed E-state index contributed by atoms with van der Waals surface area (Å²) >= 11 is 0. The van der Waals surface area contributed by atoms with Gasteiger partial charge in [-0.1, -0.05) is 18.2 Å². The summed E-state index contributed by atoms with van der Waals surface area (Å²) < 4.78 is 18.2. The molecule has 0 unspecified atom stereocenters. The highest BCUT2D eigenvalue weighted by atomic mass is 19.1. The van der Waals surface area contributed by atoms with Gasteiger partial charge in [0.25, 0.3) is 0 Å². The average Bonchev–Trinajstić information content (AvgIpc) is 2.80. The molecule has 0 aliphatic heterocycles. The number of carbonyl (C=O) groups excluding carboxylic acids is 1. The molecular weight excluding hydrogens is 381 g/mol. The van der Waals surface area contributed by atoms with E-state index < -0.39 is 0 Å². The molecule has 0 saturated heterocycles. The number of benzene rings is 1. The molecule has 1 aromatic rings. The minimum Gasteiger partial charge on any atom is -0.489 e. The lowest BCUT2D eigenvalue weighted by atomic mass is 9.51. The van der Waals surface area contributed by atoms with Crippen LogP contribution in [0.4, 0.5) is 4.39 Å². The van der Waals surface area contributed by atoms with Crippen molar-refractivity contribution in [1.82, 2.24) is 5.32 Å². The standard InChI is InChI=1S/C24H32FN3O2/c1-2-3-20(27)16-28-22(29)24-11-8-23(9-12-24,10-13-24)19-4-6-21(7-5-19)30-17-18(14-25)15-26/h2-7,14,27H,8-13,15-17,26H2,1H3,(H,28,29)/b3-2-,18-14+,27-20?. The van der Waals surface area contributed by atoms with E-state index in [4.69, 9.17) is 15.9 Å². The summed E-state index contributed by atoms with van der Waals surface area (Å²) in [6.45, 7) is 2.46. The van der Waals surface area contributed by atoms with E-state index in [0.717, 1.165) is 38.5 Å². The highest BCUT2D eigenvalue weighted by molar-refractivity contribution is 5.96. The van der Waals surface area contributed by atoms with Crippen LogP contribution < -0.4 is 15.8 Å². The Morgan fingerprint density at radius 3 is 2.37 bits per heavy atom. The number of nitrogens with two attached hydrogens (primary N) is 1. The van der Waals surface area contributed by atoms with Crippen LogP contribution in [0.15, 0.2) is 48.3 Å². The second kappa shape index (κ2) is 9.56. The molecule has 0 heterocycles. The number of halogens is 1. The third-order valence-corrected chi connectivity index (χ3v) is 6.84. The highest BCUT2D eigenvalue weighted by Gasteiger charge is 2.52. The van der Waals surface area contributed by atoms with Crippen LogP contribution >= 0.6 is 0 Å². The fourth-order valence-electron chi connectivity index (χ4n) is 4.80. The quantitative estimate of drug-likeness (QED) is 0.531. The number of amides is 1. The minimum absolute atomic E-state index is 0.102. The molecular formula is C24H32FN3O2. The van der Waals surface area contributed by atoms with Gasteiger partial charge in [-0.2, -0.15) is 0 Å². The lowest BCUT2D eigenvalue weighted by molar-refractivity contribution is -0.137. The Morgan fingerprint density at radius 1 is 1.20 bits per heavy atom. The first-order valence-corrected chi connectivity index (χ1v) is 10.7. The van der Waals surface area contributed by atoms with E-state index in [1.165, 1.54) is 5.56 Å². The molecule has 0 aromatic heterocycles. The van der Waals surface area contributed by atoms with Gasteiger partial charge in [-0.15, -0.1) is 0 Å². The largest absolute Gasteiger partial charge is 0.489 e. The Bertz CT molecular complexity index is 805. The summed E-state index contributed by atoms with van der Waals surface area (Å²) in [6.07, 6.45) is 9.66. The normalized spacial score (nSPS) is 26.0. The lowest BCUT2D eigenvalue weighted by Crippen LogP contribution is -2.52. The Hall–Kier alpha value is -2.47. The van der Waals surface area contributed by atoms with E-state index in [-0.39, 0.29) is 29.9 Å². The minimum atomic E-state index is -0.279. The second-order valence-electron chi connectivity index (χ2n) is 8.55. The SMILES string of the molecule is C/C=C\C(=N)CNC(=O)C12CCC(c3ccc(OC/C(=C/F)CN)cc3)(CC1)CC2. The van der Waals surface area contributed by atoms with E-state index in [0.29, 0.717) is 29.9 Å². The van der Waals surface area contributed by atoms with Crippen molar-refractivity contribution < 1.29 is 13.9 Å². The number of carbonyl (C=O) groups is 1. The number of hydrogen-bond acceptors (Lipinski definition) is 4. The zero-order valence-electron chi connectivity index (χ0n) is 17.7. The van der Waals surface area contributed by atoms with Gasteiger partial charge in [0.05, 0.1) is 18.6 Å². The Kier molecular flexibility index (Phi) is 7.08. The molecule has 5 nitrogen and oxygen atoms in total. The summed E-state index contributed by atoms with van der Waals surface area (Å²) in [6, 6.07) is 8.08. The maximum Gasteiger partial charge on any atom is 0.226 e.